The number of nitrogens with zero attached hydrogens (tertiary/aromatic N) is 1. The molecule has 0 atom stereocenters. The Labute approximate surface area is 86.2 Å². The summed E-state index contributed by atoms with van der Waals surface area (Å²) in [6.07, 6.45) is 3.70. The van der Waals surface area contributed by atoms with Gasteiger partial charge in [-0.1, -0.05) is 0 Å². The first-order valence-corrected chi connectivity index (χ1v) is 5.67. The minimum Gasteiger partial charge on any atom is -0.385 e. The van der Waals surface area contributed by atoms with Gasteiger partial charge in [0.25, 0.3) is 0 Å². The summed E-state index contributed by atoms with van der Waals surface area (Å²) in [6.45, 7) is 4.51. The lowest BCUT2D eigenvalue weighted by Crippen LogP contribution is -2.35. The zero-order valence-corrected chi connectivity index (χ0v) is 9.22. The van der Waals surface area contributed by atoms with Crippen LogP contribution in [0.5, 0.6) is 0 Å². The van der Waals surface area contributed by atoms with Crippen LogP contribution in [0, 0.1) is 5.92 Å². The molecular weight excluding hydrogens is 186 g/mol. The van der Waals surface area contributed by atoms with Crippen molar-refractivity contribution in [2.24, 2.45) is 5.92 Å². The molecule has 0 bridgehead atoms. The van der Waals surface area contributed by atoms with Crippen LogP contribution >= 0.6 is 11.6 Å². The summed E-state index contributed by atoms with van der Waals surface area (Å²) in [6, 6.07) is 0. The lowest BCUT2D eigenvalue weighted by Gasteiger charge is -2.30. The van der Waals surface area contributed by atoms with E-state index in [4.69, 9.17) is 16.3 Å². The molecule has 13 heavy (non-hydrogen) atoms. The molecule has 1 aliphatic rings. The fourth-order valence-electron chi connectivity index (χ4n) is 1.80. The van der Waals surface area contributed by atoms with Crippen molar-refractivity contribution in [3.05, 3.63) is 0 Å². The third-order valence-electron chi connectivity index (χ3n) is 2.75. The van der Waals surface area contributed by atoms with Gasteiger partial charge in [-0.3, -0.25) is 0 Å². The Morgan fingerprint density at radius 3 is 2.62 bits per heavy atom. The van der Waals surface area contributed by atoms with Crippen molar-refractivity contribution in [3.8, 4) is 0 Å². The zero-order chi connectivity index (χ0) is 9.52. The van der Waals surface area contributed by atoms with Crippen molar-refractivity contribution >= 4 is 11.6 Å². The molecule has 0 amide bonds. The van der Waals surface area contributed by atoms with Crippen molar-refractivity contribution in [3.63, 3.8) is 0 Å². The Balaban J connectivity index is 2.03. The molecule has 0 saturated carbocycles. The van der Waals surface area contributed by atoms with Gasteiger partial charge in [0.05, 0.1) is 0 Å². The average Bonchev–Trinajstić information content (AvgIpc) is 2.19. The second-order valence-corrected chi connectivity index (χ2v) is 4.09. The Morgan fingerprint density at radius 1 is 1.38 bits per heavy atom. The summed E-state index contributed by atoms with van der Waals surface area (Å²) >= 11 is 5.82. The molecule has 0 aliphatic carbocycles. The molecule has 0 aromatic rings. The number of rotatable bonds is 5. The minimum atomic E-state index is 0.764. The summed E-state index contributed by atoms with van der Waals surface area (Å²) in [5.74, 6) is 1.60. The lowest BCUT2D eigenvalue weighted by atomic mass is 9.99. The van der Waals surface area contributed by atoms with E-state index in [0.717, 1.165) is 24.8 Å². The summed E-state index contributed by atoms with van der Waals surface area (Å²) < 4.78 is 5.03. The van der Waals surface area contributed by atoms with E-state index in [1.807, 2.05) is 0 Å². The van der Waals surface area contributed by atoms with Crippen LogP contribution in [0.4, 0.5) is 0 Å². The monoisotopic (exact) mass is 205 g/mol. The predicted molar refractivity (Wildman–Crippen MR) is 56.4 cm³/mol. The molecule has 78 valence electrons. The molecule has 1 saturated heterocycles. The van der Waals surface area contributed by atoms with Crippen LogP contribution in [0.2, 0.25) is 0 Å². The zero-order valence-electron chi connectivity index (χ0n) is 8.47. The number of hydrogen-bond donors (Lipinski definition) is 0. The number of hydrogen-bond acceptors (Lipinski definition) is 2. The van der Waals surface area contributed by atoms with Crippen LogP contribution in [-0.4, -0.2) is 44.1 Å². The maximum atomic E-state index is 5.82. The fourth-order valence-corrected chi connectivity index (χ4v) is 2.11. The highest BCUT2D eigenvalue weighted by atomic mass is 35.5. The molecule has 0 radical (unpaired) electrons. The van der Waals surface area contributed by atoms with Crippen LogP contribution in [0.15, 0.2) is 0 Å². The molecule has 1 rings (SSSR count). The van der Waals surface area contributed by atoms with Crippen molar-refractivity contribution in [2.45, 2.75) is 19.3 Å². The van der Waals surface area contributed by atoms with E-state index in [2.05, 4.69) is 4.90 Å². The minimum absolute atomic E-state index is 0.764. The van der Waals surface area contributed by atoms with Gasteiger partial charge in [-0.25, -0.2) is 0 Å². The van der Waals surface area contributed by atoms with E-state index in [1.165, 1.54) is 32.5 Å². The van der Waals surface area contributed by atoms with Gasteiger partial charge >= 0.3 is 0 Å². The van der Waals surface area contributed by atoms with E-state index in [-0.39, 0.29) is 0 Å². The average molecular weight is 206 g/mol. The summed E-state index contributed by atoms with van der Waals surface area (Å²) in [5, 5.41) is 0. The molecule has 0 N–H and O–H groups in total. The van der Waals surface area contributed by atoms with Gasteiger partial charge in [-0.05, 0) is 38.3 Å². The first-order chi connectivity index (χ1) is 6.36. The summed E-state index contributed by atoms with van der Waals surface area (Å²) in [4.78, 5) is 2.52. The van der Waals surface area contributed by atoms with E-state index >= 15 is 0 Å². The molecule has 0 spiro atoms. The SMILES string of the molecule is COCCCN1CCC(CCl)CC1. The third-order valence-corrected chi connectivity index (χ3v) is 3.18. The molecule has 1 aliphatic heterocycles. The molecule has 3 heteroatoms. The van der Waals surface area contributed by atoms with Gasteiger partial charge in [0.15, 0.2) is 0 Å². The normalized spacial score (nSPS) is 20.8. The molecule has 0 unspecified atom stereocenters. The molecule has 1 fully saturated rings. The maximum absolute atomic E-state index is 5.82. The fraction of sp³-hybridized carbons (Fsp3) is 1.00. The van der Waals surface area contributed by atoms with Crippen molar-refractivity contribution in [2.75, 3.05) is 39.2 Å². The number of likely N-dealkylation sites (tertiary alicyclic amines) is 1. The Morgan fingerprint density at radius 2 is 2.08 bits per heavy atom. The van der Waals surface area contributed by atoms with Crippen molar-refractivity contribution in [1.82, 2.24) is 4.90 Å². The highest BCUT2D eigenvalue weighted by Gasteiger charge is 2.17. The van der Waals surface area contributed by atoms with Crippen LogP contribution in [0.3, 0.4) is 0 Å². The van der Waals surface area contributed by atoms with Crippen LogP contribution in [0.25, 0.3) is 0 Å². The van der Waals surface area contributed by atoms with Gasteiger partial charge in [-0.15, -0.1) is 11.6 Å². The second kappa shape index (κ2) is 6.63. The van der Waals surface area contributed by atoms with Gasteiger partial charge < -0.3 is 9.64 Å². The van der Waals surface area contributed by atoms with E-state index in [1.54, 1.807) is 7.11 Å². The highest BCUT2D eigenvalue weighted by molar-refractivity contribution is 6.18. The number of ether oxygens (including phenoxy) is 1. The van der Waals surface area contributed by atoms with Gasteiger partial charge in [-0.2, -0.15) is 0 Å². The van der Waals surface area contributed by atoms with E-state index < -0.39 is 0 Å². The quantitative estimate of drug-likeness (QED) is 0.503. The van der Waals surface area contributed by atoms with E-state index in [0.29, 0.717) is 0 Å². The smallest absolute Gasteiger partial charge is 0.0474 e. The Bertz CT molecular complexity index is 121. The van der Waals surface area contributed by atoms with Crippen LogP contribution in [0.1, 0.15) is 19.3 Å². The first-order valence-electron chi connectivity index (χ1n) is 5.14. The van der Waals surface area contributed by atoms with Crippen molar-refractivity contribution in [1.29, 1.82) is 0 Å². The number of piperidine rings is 1. The standard InChI is InChI=1S/C10H20ClNO/c1-13-8-2-5-12-6-3-10(9-11)4-7-12/h10H,2-9H2,1H3. The highest BCUT2D eigenvalue weighted by Crippen LogP contribution is 2.18. The molecule has 0 aromatic carbocycles. The molecular formula is C10H20ClNO. The predicted octanol–water partition coefficient (Wildman–Crippen LogP) is 1.97. The second-order valence-electron chi connectivity index (χ2n) is 3.79. The molecule has 0 aromatic heterocycles. The van der Waals surface area contributed by atoms with Crippen molar-refractivity contribution < 1.29 is 4.74 Å². The number of alkyl halides is 1. The maximum Gasteiger partial charge on any atom is 0.0474 e. The van der Waals surface area contributed by atoms with Gasteiger partial charge in [0.2, 0.25) is 0 Å². The molecule has 1 heterocycles. The number of halogens is 1. The Kier molecular flexibility index (Phi) is 5.76. The lowest BCUT2D eigenvalue weighted by molar-refractivity contribution is 0.150. The van der Waals surface area contributed by atoms with Gasteiger partial charge in [0.1, 0.15) is 0 Å². The number of methoxy groups -OCH3 is 1. The topological polar surface area (TPSA) is 12.5 Å². The molecule has 2 nitrogen and oxygen atoms in total. The summed E-state index contributed by atoms with van der Waals surface area (Å²) in [7, 11) is 1.76. The van der Waals surface area contributed by atoms with Gasteiger partial charge in [0, 0.05) is 26.1 Å². The van der Waals surface area contributed by atoms with E-state index in [9.17, 15) is 0 Å². The largest absolute Gasteiger partial charge is 0.385 e. The Hall–Kier alpha value is 0.210. The first kappa shape index (κ1) is 11.3. The summed E-state index contributed by atoms with van der Waals surface area (Å²) in [5.41, 5.74) is 0. The van der Waals surface area contributed by atoms with Crippen LogP contribution < -0.4 is 0 Å². The third kappa shape index (κ3) is 4.30. The van der Waals surface area contributed by atoms with Crippen LogP contribution in [-0.2, 0) is 4.74 Å².